The highest BCUT2D eigenvalue weighted by Crippen LogP contribution is 2.17. The van der Waals surface area contributed by atoms with Gasteiger partial charge in [-0.1, -0.05) is 23.8 Å². The summed E-state index contributed by atoms with van der Waals surface area (Å²) in [5.74, 6) is -0.0547. The fraction of sp³-hybridized carbons (Fsp3) is 0.385. The molecule has 18 heavy (non-hydrogen) atoms. The lowest BCUT2D eigenvalue weighted by Crippen LogP contribution is -2.25. The van der Waals surface area contributed by atoms with Gasteiger partial charge in [-0.05, 0) is 54.2 Å². The van der Waals surface area contributed by atoms with Gasteiger partial charge in [0.05, 0.1) is 10.6 Å². The summed E-state index contributed by atoms with van der Waals surface area (Å²) in [6.45, 7) is 2.60. The molecule has 0 atom stereocenters. The number of rotatable bonds is 6. The molecule has 0 aliphatic rings. The number of nitrogens with one attached hydrogen (secondary N) is 1. The predicted octanol–water partition coefficient (Wildman–Crippen LogP) is 2.94. The second-order valence-corrected chi connectivity index (χ2v) is 5.54. The van der Waals surface area contributed by atoms with Gasteiger partial charge in [0.2, 0.25) is 0 Å². The number of unbranched alkanes of at least 4 members (excludes halogenated alkanes) is 1. The van der Waals surface area contributed by atoms with Gasteiger partial charge in [-0.3, -0.25) is 4.79 Å². The molecule has 0 radical (unpaired) electrons. The third kappa shape index (κ3) is 5.14. The molecule has 1 rings (SSSR count). The first-order chi connectivity index (χ1) is 8.50. The molecule has 0 aromatic heterocycles. The van der Waals surface area contributed by atoms with Gasteiger partial charge in [0.25, 0.3) is 5.91 Å². The van der Waals surface area contributed by atoms with Crippen molar-refractivity contribution in [1.82, 2.24) is 5.32 Å². The number of nitrogens with two attached hydrogens (primary N) is 1. The Kier molecular flexibility index (Phi) is 6.29. The van der Waals surface area contributed by atoms with E-state index in [0.29, 0.717) is 17.1 Å². The number of hydrogen-bond acceptors (Lipinski definition) is 2. The number of aryl methyl sites for hydroxylation is 1. The van der Waals surface area contributed by atoms with Gasteiger partial charge < -0.3 is 11.1 Å². The molecule has 1 aromatic carbocycles. The van der Waals surface area contributed by atoms with Crippen LogP contribution >= 0.6 is 28.1 Å². The molecule has 1 aromatic rings. The van der Waals surface area contributed by atoms with Crippen LogP contribution in [0.5, 0.6) is 0 Å². The van der Waals surface area contributed by atoms with Crippen molar-refractivity contribution in [1.29, 1.82) is 0 Å². The summed E-state index contributed by atoms with van der Waals surface area (Å²) in [4.78, 5) is 12.5. The van der Waals surface area contributed by atoms with Crippen molar-refractivity contribution in [3.8, 4) is 0 Å². The standard InChI is InChI=1S/C13H17BrN2OS/c1-9-5-6-11(14)10(8-9)13(17)16-7-3-2-4-12(15)18/h5-6,8H,2-4,7H2,1H3,(H2,15,18)(H,16,17). The Balaban J connectivity index is 2.41. The Labute approximate surface area is 121 Å². The SMILES string of the molecule is Cc1ccc(Br)c(C(=O)NCCCCC(N)=S)c1. The maximum atomic E-state index is 11.9. The lowest BCUT2D eigenvalue weighted by molar-refractivity contribution is 0.0952. The van der Waals surface area contributed by atoms with Crippen LogP contribution in [0.1, 0.15) is 35.2 Å². The molecular formula is C13H17BrN2OS. The van der Waals surface area contributed by atoms with Gasteiger partial charge in [-0.25, -0.2) is 0 Å². The van der Waals surface area contributed by atoms with Crippen LogP contribution in [0, 0.1) is 6.92 Å². The van der Waals surface area contributed by atoms with Gasteiger partial charge >= 0.3 is 0 Å². The van der Waals surface area contributed by atoms with Crippen LogP contribution in [0.15, 0.2) is 22.7 Å². The minimum Gasteiger partial charge on any atom is -0.393 e. The molecule has 0 saturated heterocycles. The van der Waals surface area contributed by atoms with Crippen LogP contribution in [0.4, 0.5) is 0 Å². The van der Waals surface area contributed by atoms with E-state index in [1.807, 2.05) is 25.1 Å². The number of carbonyl (C=O) groups is 1. The smallest absolute Gasteiger partial charge is 0.252 e. The van der Waals surface area contributed by atoms with Crippen molar-refractivity contribution >= 4 is 39.0 Å². The summed E-state index contributed by atoms with van der Waals surface area (Å²) < 4.78 is 0.814. The van der Waals surface area contributed by atoms with E-state index in [1.54, 1.807) is 0 Å². The van der Waals surface area contributed by atoms with E-state index in [0.717, 1.165) is 29.3 Å². The number of carbonyl (C=O) groups excluding carboxylic acids is 1. The van der Waals surface area contributed by atoms with E-state index < -0.39 is 0 Å². The monoisotopic (exact) mass is 328 g/mol. The van der Waals surface area contributed by atoms with Crippen molar-refractivity contribution in [2.75, 3.05) is 6.54 Å². The summed E-state index contributed by atoms with van der Waals surface area (Å²) in [7, 11) is 0. The van der Waals surface area contributed by atoms with E-state index in [1.165, 1.54) is 0 Å². The van der Waals surface area contributed by atoms with E-state index in [-0.39, 0.29) is 5.91 Å². The van der Waals surface area contributed by atoms with E-state index in [2.05, 4.69) is 21.2 Å². The minimum atomic E-state index is -0.0547. The average molecular weight is 329 g/mol. The Morgan fingerprint density at radius 3 is 2.83 bits per heavy atom. The minimum absolute atomic E-state index is 0.0547. The van der Waals surface area contributed by atoms with Crippen LogP contribution in [-0.2, 0) is 0 Å². The molecule has 0 saturated carbocycles. The molecular weight excluding hydrogens is 312 g/mol. The number of benzene rings is 1. The summed E-state index contributed by atoms with van der Waals surface area (Å²) in [5, 5.41) is 2.89. The van der Waals surface area contributed by atoms with Gasteiger partial charge in [0, 0.05) is 11.0 Å². The zero-order valence-corrected chi connectivity index (χ0v) is 12.7. The molecule has 0 fully saturated rings. The molecule has 1 amide bonds. The number of thiocarbonyl (C=S) groups is 1. The fourth-order valence-electron chi connectivity index (χ4n) is 1.53. The summed E-state index contributed by atoms with van der Waals surface area (Å²) >= 11 is 8.17. The molecule has 5 heteroatoms. The van der Waals surface area contributed by atoms with Crippen LogP contribution in [0.25, 0.3) is 0 Å². The third-order valence-electron chi connectivity index (χ3n) is 2.50. The summed E-state index contributed by atoms with van der Waals surface area (Å²) in [5.41, 5.74) is 7.14. The molecule has 3 N–H and O–H groups in total. The van der Waals surface area contributed by atoms with Crippen LogP contribution in [-0.4, -0.2) is 17.4 Å². The topological polar surface area (TPSA) is 55.1 Å². The van der Waals surface area contributed by atoms with Crippen molar-refractivity contribution < 1.29 is 4.79 Å². The van der Waals surface area contributed by atoms with Gasteiger partial charge in [-0.15, -0.1) is 0 Å². The van der Waals surface area contributed by atoms with Crippen LogP contribution in [0.3, 0.4) is 0 Å². The zero-order chi connectivity index (χ0) is 13.5. The van der Waals surface area contributed by atoms with Crippen molar-refractivity contribution in [3.05, 3.63) is 33.8 Å². The third-order valence-corrected chi connectivity index (χ3v) is 3.40. The fourth-order valence-corrected chi connectivity index (χ4v) is 2.11. The highest BCUT2D eigenvalue weighted by molar-refractivity contribution is 9.10. The molecule has 0 aliphatic carbocycles. The number of amides is 1. The Hall–Kier alpha value is -0.940. The second kappa shape index (κ2) is 7.48. The van der Waals surface area contributed by atoms with Crippen LogP contribution < -0.4 is 11.1 Å². The van der Waals surface area contributed by atoms with E-state index in [4.69, 9.17) is 18.0 Å². The first-order valence-electron chi connectivity index (χ1n) is 5.83. The number of hydrogen-bond donors (Lipinski definition) is 2. The number of halogens is 1. The van der Waals surface area contributed by atoms with Crippen molar-refractivity contribution in [3.63, 3.8) is 0 Å². The lowest BCUT2D eigenvalue weighted by atomic mass is 10.1. The molecule has 3 nitrogen and oxygen atoms in total. The molecule has 0 aliphatic heterocycles. The maximum absolute atomic E-state index is 11.9. The Morgan fingerprint density at radius 1 is 1.44 bits per heavy atom. The zero-order valence-electron chi connectivity index (χ0n) is 10.3. The predicted molar refractivity (Wildman–Crippen MR) is 81.8 cm³/mol. The highest BCUT2D eigenvalue weighted by Gasteiger charge is 2.09. The first-order valence-corrected chi connectivity index (χ1v) is 7.03. The second-order valence-electron chi connectivity index (χ2n) is 4.16. The molecule has 0 bridgehead atoms. The average Bonchev–Trinajstić information content (AvgIpc) is 2.31. The van der Waals surface area contributed by atoms with Crippen LogP contribution in [0.2, 0.25) is 0 Å². The van der Waals surface area contributed by atoms with Crippen molar-refractivity contribution in [2.45, 2.75) is 26.2 Å². The Morgan fingerprint density at radius 2 is 2.17 bits per heavy atom. The quantitative estimate of drug-likeness (QED) is 0.623. The van der Waals surface area contributed by atoms with Gasteiger partial charge in [0.1, 0.15) is 0 Å². The molecule has 0 unspecified atom stereocenters. The van der Waals surface area contributed by atoms with Gasteiger partial charge in [-0.2, -0.15) is 0 Å². The van der Waals surface area contributed by atoms with Gasteiger partial charge in [0.15, 0.2) is 0 Å². The molecule has 98 valence electrons. The van der Waals surface area contributed by atoms with Crippen molar-refractivity contribution in [2.24, 2.45) is 5.73 Å². The Bertz CT molecular complexity index is 449. The van der Waals surface area contributed by atoms with E-state index >= 15 is 0 Å². The summed E-state index contributed by atoms with van der Waals surface area (Å²) in [6.07, 6.45) is 2.52. The van der Waals surface area contributed by atoms with E-state index in [9.17, 15) is 4.79 Å². The molecule has 0 spiro atoms. The highest BCUT2D eigenvalue weighted by atomic mass is 79.9. The normalized spacial score (nSPS) is 10.1. The summed E-state index contributed by atoms with van der Waals surface area (Å²) in [6, 6.07) is 5.72. The largest absolute Gasteiger partial charge is 0.393 e. The maximum Gasteiger partial charge on any atom is 0.252 e. The lowest BCUT2D eigenvalue weighted by Gasteiger charge is -2.07. The first kappa shape index (κ1) is 15.1. The molecule has 0 heterocycles.